The maximum absolute atomic E-state index is 12.3. The standard InChI is InChI=1S/C19H22ClNO2/c1-4-17(23-18-10-5-13(2)11-14(18)3)19(22)21-12-15-6-8-16(20)9-7-15/h5-11,17H,4,12H2,1-3H3,(H,21,22). The van der Waals surface area contributed by atoms with E-state index in [1.54, 1.807) is 0 Å². The Hall–Kier alpha value is -2.00. The predicted molar refractivity (Wildman–Crippen MR) is 93.9 cm³/mol. The van der Waals surface area contributed by atoms with Crippen LogP contribution in [0.2, 0.25) is 5.02 Å². The number of aryl methyl sites for hydroxylation is 2. The minimum Gasteiger partial charge on any atom is -0.480 e. The molecule has 0 spiro atoms. The topological polar surface area (TPSA) is 38.3 Å². The number of ether oxygens (including phenoxy) is 1. The van der Waals surface area contributed by atoms with Gasteiger partial charge in [0.15, 0.2) is 6.10 Å². The van der Waals surface area contributed by atoms with Crippen molar-refractivity contribution in [3.05, 3.63) is 64.2 Å². The highest BCUT2D eigenvalue weighted by Crippen LogP contribution is 2.21. The Kier molecular flexibility index (Phi) is 6.05. The molecule has 23 heavy (non-hydrogen) atoms. The molecular weight excluding hydrogens is 310 g/mol. The van der Waals surface area contributed by atoms with Gasteiger partial charge in [-0.25, -0.2) is 0 Å². The highest BCUT2D eigenvalue weighted by molar-refractivity contribution is 6.30. The van der Waals surface area contributed by atoms with Gasteiger partial charge in [0.05, 0.1) is 0 Å². The van der Waals surface area contributed by atoms with Crippen molar-refractivity contribution in [1.82, 2.24) is 5.32 Å². The molecule has 0 bridgehead atoms. The first-order chi connectivity index (χ1) is 11.0. The van der Waals surface area contributed by atoms with Crippen LogP contribution < -0.4 is 10.1 Å². The molecule has 0 saturated heterocycles. The maximum Gasteiger partial charge on any atom is 0.261 e. The summed E-state index contributed by atoms with van der Waals surface area (Å²) < 4.78 is 5.89. The number of rotatable bonds is 6. The summed E-state index contributed by atoms with van der Waals surface area (Å²) >= 11 is 5.86. The van der Waals surface area contributed by atoms with Crippen LogP contribution in [-0.2, 0) is 11.3 Å². The Labute approximate surface area is 142 Å². The van der Waals surface area contributed by atoms with Crippen LogP contribution in [0.4, 0.5) is 0 Å². The fourth-order valence-corrected chi connectivity index (χ4v) is 2.44. The van der Waals surface area contributed by atoms with Gasteiger partial charge in [0.1, 0.15) is 5.75 Å². The number of halogens is 1. The molecule has 0 saturated carbocycles. The summed E-state index contributed by atoms with van der Waals surface area (Å²) in [6.45, 7) is 6.42. The van der Waals surface area contributed by atoms with Crippen molar-refractivity contribution in [2.45, 2.75) is 39.8 Å². The first-order valence-electron chi connectivity index (χ1n) is 7.75. The van der Waals surface area contributed by atoms with E-state index in [1.165, 1.54) is 5.56 Å². The minimum atomic E-state index is -0.497. The summed E-state index contributed by atoms with van der Waals surface area (Å²) in [7, 11) is 0. The molecule has 0 aliphatic rings. The van der Waals surface area contributed by atoms with Crippen LogP contribution in [0.3, 0.4) is 0 Å². The van der Waals surface area contributed by atoms with E-state index >= 15 is 0 Å². The van der Waals surface area contributed by atoms with Crippen molar-refractivity contribution in [1.29, 1.82) is 0 Å². The molecule has 3 nitrogen and oxygen atoms in total. The lowest BCUT2D eigenvalue weighted by atomic mass is 10.1. The van der Waals surface area contributed by atoms with E-state index in [0.717, 1.165) is 16.9 Å². The van der Waals surface area contributed by atoms with E-state index in [0.29, 0.717) is 18.0 Å². The highest BCUT2D eigenvalue weighted by Gasteiger charge is 2.18. The van der Waals surface area contributed by atoms with Gasteiger partial charge in [-0.2, -0.15) is 0 Å². The number of carbonyl (C=O) groups excluding carboxylic acids is 1. The van der Waals surface area contributed by atoms with Gasteiger partial charge in [-0.05, 0) is 49.6 Å². The zero-order chi connectivity index (χ0) is 16.8. The van der Waals surface area contributed by atoms with Crippen molar-refractivity contribution in [3.8, 4) is 5.75 Å². The van der Waals surface area contributed by atoms with Crippen molar-refractivity contribution in [2.24, 2.45) is 0 Å². The summed E-state index contributed by atoms with van der Waals surface area (Å²) in [4.78, 5) is 12.3. The quantitative estimate of drug-likeness (QED) is 0.850. The van der Waals surface area contributed by atoms with Gasteiger partial charge in [0.2, 0.25) is 0 Å². The molecule has 0 radical (unpaired) electrons. The zero-order valence-electron chi connectivity index (χ0n) is 13.7. The van der Waals surface area contributed by atoms with E-state index in [4.69, 9.17) is 16.3 Å². The molecule has 0 fully saturated rings. The van der Waals surface area contributed by atoms with E-state index in [1.807, 2.05) is 63.2 Å². The third-order valence-electron chi connectivity index (χ3n) is 3.64. The number of hydrogen-bond donors (Lipinski definition) is 1. The monoisotopic (exact) mass is 331 g/mol. The van der Waals surface area contributed by atoms with E-state index in [9.17, 15) is 4.79 Å². The number of amides is 1. The van der Waals surface area contributed by atoms with Gasteiger partial charge in [0.25, 0.3) is 5.91 Å². The van der Waals surface area contributed by atoms with Crippen molar-refractivity contribution < 1.29 is 9.53 Å². The molecule has 122 valence electrons. The van der Waals surface area contributed by atoms with Gasteiger partial charge in [0, 0.05) is 11.6 Å². The van der Waals surface area contributed by atoms with Crippen molar-refractivity contribution in [3.63, 3.8) is 0 Å². The number of carbonyl (C=O) groups is 1. The number of hydrogen-bond acceptors (Lipinski definition) is 2. The van der Waals surface area contributed by atoms with Crippen molar-refractivity contribution in [2.75, 3.05) is 0 Å². The molecule has 4 heteroatoms. The van der Waals surface area contributed by atoms with Gasteiger partial charge >= 0.3 is 0 Å². The summed E-state index contributed by atoms with van der Waals surface area (Å²) in [5.74, 6) is 0.645. The van der Waals surface area contributed by atoms with Gasteiger partial charge in [-0.3, -0.25) is 4.79 Å². The summed E-state index contributed by atoms with van der Waals surface area (Å²) in [5, 5.41) is 3.60. The van der Waals surface area contributed by atoms with Crippen LogP contribution in [0, 0.1) is 13.8 Å². The number of benzene rings is 2. The molecule has 0 aliphatic heterocycles. The lowest BCUT2D eigenvalue weighted by molar-refractivity contribution is -0.128. The molecule has 2 rings (SSSR count). The Morgan fingerprint density at radius 2 is 1.87 bits per heavy atom. The largest absolute Gasteiger partial charge is 0.480 e. The summed E-state index contributed by atoms with van der Waals surface area (Å²) in [6, 6.07) is 13.4. The van der Waals surface area contributed by atoms with Crippen LogP contribution >= 0.6 is 11.6 Å². The normalized spacial score (nSPS) is 11.8. The Balaban J connectivity index is 1.96. The minimum absolute atomic E-state index is 0.109. The third-order valence-corrected chi connectivity index (χ3v) is 3.89. The molecule has 0 aliphatic carbocycles. The number of nitrogens with one attached hydrogen (secondary N) is 1. The summed E-state index contributed by atoms with van der Waals surface area (Å²) in [5.41, 5.74) is 3.22. The van der Waals surface area contributed by atoms with Crippen LogP contribution in [0.1, 0.15) is 30.0 Å². The molecule has 2 aromatic carbocycles. The first-order valence-corrected chi connectivity index (χ1v) is 8.13. The zero-order valence-corrected chi connectivity index (χ0v) is 14.5. The molecule has 2 aromatic rings. The molecule has 0 heterocycles. The van der Waals surface area contributed by atoms with Crippen LogP contribution in [-0.4, -0.2) is 12.0 Å². The summed E-state index contributed by atoms with van der Waals surface area (Å²) in [6.07, 6.45) is 0.114. The van der Waals surface area contributed by atoms with E-state index in [-0.39, 0.29) is 5.91 Å². The fourth-order valence-electron chi connectivity index (χ4n) is 2.31. The van der Waals surface area contributed by atoms with Crippen molar-refractivity contribution >= 4 is 17.5 Å². The second-order valence-electron chi connectivity index (χ2n) is 5.63. The predicted octanol–water partition coefficient (Wildman–Crippen LogP) is 4.43. The SMILES string of the molecule is CCC(Oc1ccc(C)cc1C)C(=O)NCc1ccc(Cl)cc1. The average molecular weight is 332 g/mol. The van der Waals surface area contributed by atoms with Crippen LogP contribution in [0.15, 0.2) is 42.5 Å². The highest BCUT2D eigenvalue weighted by atomic mass is 35.5. The maximum atomic E-state index is 12.3. The Morgan fingerprint density at radius 1 is 1.17 bits per heavy atom. The second-order valence-corrected chi connectivity index (χ2v) is 6.06. The smallest absolute Gasteiger partial charge is 0.261 e. The molecule has 1 N–H and O–H groups in total. The fraction of sp³-hybridized carbons (Fsp3) is 0.316. The van der Waals surface area contributed by atoms with Gasteiger partial charge in [-0.15, -0.1) is 0 Å². The lowest BCUT2D eigenvalue weighted by Gasteiger charge is -2.19. The molecule has 1 unspecified atom stereocenters. The molecular formula is C19H22ClNO2. The third kappa shape index (κ3) is 5.00. The van der Waals surface area contributed by atoms with Gasteiger partial charge < -0.3 is 10.1 Å². The Morgan fingerprint density at radius 3 is 2.48 bits per heavy atom. The average Bonchev–Trinajstić information content (AvgIpc) is 2.53. The van der Waals surface area contributed by atoms with E-state index in [2.05, 4.69) is 5.32 Å². The van der Waals surface area contributed by atoms with Crippen LogP contribution in [0.5, 0.6) is 5.75 Å². The van der Waals surface area contributed by atoms with Crippen LogP contribution in [0.25, 0.3) is 0 Å². The van der Waals surface area contributed by atoms with Gasteiger partial charge in [-0.1, -0.05) is 48.4 Å². The molecule has 1 amide bonds. The molecule has 0 aromatic heterocycles. The first kappa shape index (κ1) is 17.4. The van der Waals surface area contributed by atoms with E-state index < -0.39 is 6.10 Å². The second kappa shape index (κ2) is 8.02. The molecule has 1 atom stereocenters. The Bertz CT molecular complexity index is 668. The lowest BCUT2D eigenvalue weighted by Crippen LogP contribution is -2.37.